The first kappa shape index (κ1) is 20.0. The topological polar surface area (TPSA) is 68.8 Å². The van der Waals surface area contributed by atoms with Crippen molar-refractivity contribution in [1.82, 2.24) is 15.5 Å². The van der Waals surface area contributed by atoms with Crippen LogP contribution in [-0.4, -0.2) is 37.0 Å². The van der Waals surface area contributed by atoms with Crippen molar-refractivity contribution in [3.63, 3.8) is 0 Å². The quantitative estimate of drug-likeness (QED) is 0.528. The second kappa shape index (κ2) is 9.99. The molecule has 6 nitrogen and oxygen atoms in total. The minimum absolute atomic E-state index is 0.0263. The molecule has 0 unspecified atom stereocenters. The standard InChI is InChI=1S/C21H26ClN5O/c1-23-20(24-14-16-6-4-8-18(22)12-16)25-15-17-7-5-9-19(13-17)26-21(28)27-10-2-3-11-27/h4-9,12-13H,2-3,10-11,14-15H2,1H3,(H,26,28)(H2,23,24,25). The minimum Gasteiger partial charge on any atom is -0.352 e. The highest BCUT2D eigenvalue weighted by molar-refractivity contribution is 6.30. The van der Waals surface area contributed by atoms with E-state index in [2.05, 4.69) is 20.9 Å². The number of nitrogens with one attached hydrogen (secondary N) is 3. The van der Waals surface area contributed by atoms with Crippen LogP contribution in [0.15, 0.2) is 53.5 Å². The fraction of sp³-hybridized carbons (Fsp3) is 0.333. The van der Waals surface area contributed by atoms with Gasteiger partial charge in [0.15, 0.2) is 5.96 Å². The number of rotatable bonds is 5. The van der Waals surface area contributed by atoms with E-state index >= 15 is 0 Å². The van der Waals surface area contributed by atoms with E-state index < -0.39 is 0 Å². The zero-order valence-electron chi connectivity index (χ0n) is 16.0. The second-order valence-corrected chi connectivity index (χ2v) is 7.17. The third-order valence-electron chi connectivity index (χ3n) is 4.60. The summed E-state index contributed by atoms with van der Waals surface area (Å²) in [6.45, 7) is 2.90. The van der Waals surface area contributed by atoms with Crippen LogP contribution in [0.1, 0.15) is 24.0 Å². The lowest BCUT2D eigenvalue weighted by Crippen LogP contribution is -2.36. The number of anilines is 1. The van der Waals surface area contributed by atoms with E-state index in [9.17, 15) is 4.79 Å². The second-order valence-electron chi connectivity index (χ2n) is 6.73. The summed E-state index contributed by atoms with van der Waals surface area (Å²) in [6, 6.07) is 15.5. The Morgan fingerprint density at radius 2 is 1.68 bits per heavy atom. The molecule has 3 N–H and O–H groups in total. The number of guanidine groups is 1. The van der Waals surface area contributed by atoms with Gasteiger partial charge in [-0.2, -0.15) is 0 Å². The first-order valence-corrected chi connectivity index (χ1v) is 9.85. The molecular formula is C21H26ClN5O. The van der Waals surface area contributed by atoms with Gasteiger partial charge in [-0.25, -0.2) is 4.79 Å². The Labute approximate surface area is 171 Å². The molecule has 0 radical (unpaired) electrons. The van der Waals surface area contributed by atoms with Crippen LogP contribution < -0.4 is 16.0 Å². The van der Waals surface area contributed by atoms with Crippen LogP contribution in [0, 0.1) is 0 Å². The van der Waals surface area contributed by atoms with Crippen LogP contribution in [0.25, 0.3) is 0 Å². The average Bonchev–Trinajstić information content (AvgIpc) is 3.23. The molecule has 2 aromatic rings. The van der Waals surface area contributed by atoms with Gasteiger partial charge in [0.25, 0.3) is 0 Å². The van der Waals surface area contributed by atoms with Crippen molar-refractivity contribution in [3.05, 3.63) is 64.7 Å². The molecule has 7 heteroatoms. The predicted molar refractivity (Wildman–Crippen MR) is 115 cm³/mol. The van der Waals surface area contributed by atoms with Crippen molar-refractivity contribution >= 4 is 29.3 Å². The molecule has 0 aliphatic carbocycles. The molecule has 3 rings (SSSR count). The van der Waals surface area contributed by atoms with Gasteiger partial charge in [0.1, 0.15) is 0 Å². The Balaban J connectivity index is 1.50. The van der Waals surface area contributed by atoms with Gasteiger partial charge in [0, 0.05) is 43.9 Å². The summed E-state index contributed by atoms with van der Waals surface area (Å²) < 4.78 is 0. The maximum Gasteiger partial charge on any atom is 0.321 e. The van der Waals surface area contributed by atoms with Crippen LogP contribution in [0.4, 0.5) is 10.5 Å². The summed E-state index contributed by atoms with van der Waals surface area (Å²) in [5.41, 5.74) is 2.95. The van der Waals surface area contributed by atoms with E-state index in [1.807, 2.05) is 53.4 Å². The van der Waals surface area contributed by atoms with Crippen LogP contribution in [-0.2, 0) is 13.1 Å². The van der Waals surface area contributed by atoms with Crippen molar-refractivity contribution in [3.8, 4) is 0 Å². The summed E-state index contributed by atoms with van der Waals surface area (Å²) in [6.07, 6.45) is 2.16. The maximum atomic E-state index is 12.2. The van der Waals surface area contributed by atoms with E-state index in [4.69, 9.17) is 11.6 Å². The highest BCUT2D eigenvalue weighted by Gasteiger charge is 2.17. The summed E-state index contributed by atoms with van der Waals surface area (Å²) in [5, 5.41) is 10.3. The summed E-state index contributed by atoms with van der Waals surface area (Å²) in [5.74, 6) is 0.700. The molecule has 2 amide bonds. The zero-order valence-corrected chi connectivity index (χ0v) is 16.8. The fourth-order valence-corrected chi connectivity index (χ4v) is 3.33. The van der Waals surface area contributed by atoms with Crippen molar-refractivity contribution in [2.45, 2.75) is 25.9 Å². The lowest BCUT2D eigenvalue weighted by atomic mass is 10.2. The van der Waals surface area contributed by atoms with Crippen molar-refractivity contribution in [1.29, 1.82) is 0 Å². The number of nitrogens with zero attached hydrogens (tertiary/aromatic N) is 2. The number of amides is 2. The number of carbonyl (C=O) groups is 1. The van der Waals surface area contributed by atoms with E-state index in [1.165, 1.54) is 0 Å². The van der Waals surface area contributed by atoms with Crippen molar-refractivity contribution in [2.24, 2.45) is 4.99 Å². The molecule has 28 heavy (non-hydrogen) atoms. The molecular weight excluding hydrogens is 374 g/mol. The van der Waals surface area contributed by atoms with Gasteiger partial charge >= 0.3 is 6.03 Å². The van der Waals surface area contributed by atoms with Gasteiger partial charge < -0.3 is 20.9 Å². The van der Waals surface area contributed by atoms with Gasteiger partial charge in [0.05, 0.1) is 0 Å². The zero-order chi connectivity index (χ0) is 19.8. The molecule has 0 atom stereocenters. The first-order chi connectivity index (χ1) is 13.6. The molecule has 1 fully saturated rings. The smallest absolute Gasteiger partial charge is 0.321 e. The number of aliphatic imine (C=N–C) groups is 1. The molecule has 148 valence electrons. The number of hydrogen-bond acceptors (Lipinski definition) is 2. The lowest BCUT2D eigenvalue weighted by Gasteiger charge is -2.17. The molecule has 0 spiro atoms. The molecule has 1 saturated heterocycles. The van der Waals surface area contributed by atoms with Gasteiger partial charge in [-0.05, 0) is 48.2 Å². The molecule has 0 bridgehead atoms. The Morgan fingerprint density at radius 3 is 2.32 bits per heavy atom. The highest BCUT2D eigenvalue weighted by Crippen LogP contribution is 2.14. The Bertz CT molecular complexity index is 833. The average molecular weight is 400 g/mol. The molecule has 2 aromatic carbocycles. The van der Waals surface area contributed by atoms with Crippen molar-refractivity contribution < 1.29 is 4.79 Å². The molecule has 0 saturated carbocycles. The normalized spacial score (nSPS) is 14.1. The van der Waals surface area contributed by atoms with Gasteiger partial charge in [-0.1, -0.05) is 35.9 Å². The highest BCUT2D eigenvalue weighted by atomic mass is 35.5. The monoisotopic (exact) mass is 399 g/mol. The Hall–Kier alpha value is -2.73. The Kier molecular flexibility index (Phi) is 7.14. The molecule has 1 aliphatic rings. The fourth-order valence-electron chi connectivity index (χ4n) is 3.12. The summed E-state index contributed by atoms with van der Waals surface area (Å²) in [4.78, 5) is 18.3. The van der Waals surface area contributed by atoms with Crippen molar-refractivity contribution in [2.75, 3.05) is 25.5 Å². The molecule has 1 heterocycles. The maximum absolute atomic E-state index is 12.2. The minimum atomic E-state index is -0.0263. The predicted octanol–water partition coefficient (Wildman–Crippen LogP) is 3.83. The van der Waals surface area contributed by atoms with E-state index in [-0.39, 0.29) is 6.03 Å². The summed E-state index contributed by atoms with van der Waals surface area (Å²) >= 11 is 6.02. The number of likely N-dealkylation sites (tertiary alicyclic amines) is 1. The first-order valence-electron chi connectivity index (χ1n) is 9.48. The van der Waals surface area contributed by atoms with E-state index in [1.54, 1.807) is 7.05 Å². The number of urea groups is 1. The Morgan fingerprint density at radius 1 is 1.04 bits per heavy atom. The lowest BCUT2D eigenvalue weighted by molar-refractivity contribution is 0.222. The van der Waals surface area contributed by atoms with Gasteiger partial charge in [-0.3, -0.25) is 4.99 Å². The van der Waals surface area contributed by atoms with Gasteiger partial charge in [-0.15, -0.1) is 0 Å². The summed E-state index contributed by atoms with van der Waals surface area (Å²) in [7, 11) is 1.74. The van der Waals surface area contributed by atoms with Crippen LogP contribution in [0.3, 0.4) is 0 Å². The molecule has 1 aliphatic heterocycles. The van der Waals surface area contributed by atoms with Crippen LogP contribution >= 0.6 is 11.6 Å². The van der Waals surface area contributed by atoms with Crippen LogP contribution in [0.5, 0.6) is 0 Å². The van der Waals surface area contributed by atoms with E-state index in [0.29, 0.717) is 19.0 Å². The SMILES string of the molecule is CN=C(NCc1cccc(Cl)c1)NCc1cccc(NC(=O)N2CCCC2)c1. The van der Waals surface area contributed by atoms with Gasteiger partial charge in [0.2, 0.25) is 0 Å². The molecule has 0 aromatic heterocycles. The largest absolute Gasteiger partial charge is 0.352 e. The number of halogens is 1. The number of benzene rings is 2. The number of hydrogen-bond donors (Lipinski definition) is 3. The third kappa shape index (κ3) is 5.89. The van der Waals surface area contributed by atoms with E-state index in [0.717, 1.165) is 47.8 Å². The number of carbonyl (C=O) groups excluding carboxylic acids is 1. The van der Waals surface area contributed by atoms with Crippen LogP contribution in [0.2, 0.25) is 5.02 Å². The third-order valence-corrected chi connectivity index (χ3v) is 4.84.